The summed E-state index contributed by atoms with van der Waals surface area (Å²) in [5, 5.41) is 14.7. The van der Waals surface area contributed by atoms with E-state index in [9.17, 15) is 5.26 Å². The molecular weight excluding hydrogens is 611 g/mol. The van der Waals surface area contributed by atoms with E-state index in [4.69, 9.17) is 4.74 Å². The summed E-state index contributed by atoms with van der Waals surface area (Å²) in [5.74, 6) is 0.488. The van der Waals surface area contributed by atoms with Gasteiger partial charge in [-0.15, -0.1) is 0 Å². The molecule has 5 aromatic rings. The Morgan fingerprint density at radius 1 is 0.898 bits per heavy atom. The predicted molar refractivity (Wildman–Crippen MR) is 189 cm³/mol. The van der Waals surface area contributed by atoms with E-state index >= 15 is 4.39 Å². The molecule has 49 heavy (non-hydrogen) atoms. The van der Waals surface area contributed by atoms with Crippen LogP contribution in [-0.2, 0) is 18.4 Å². The van der Waals surface area contributed by atoms with E-state index < -0.39 is 11.2 Å². The Balaban J connectivity index is 1.11. The highest BCUT2D eigenvalue weighted by Gasteiger charge is 2.43. The first-order chi connectivity index (χ1) is 24.1. The molecule has 0 spiro atoms. The van der Waals surface area contributed by atoms with Gasteiger partial charge in [0.05, 0.1) is 17.7 Å². The second-order valence-electron chi connectivity index (χ2n) is 12.7. The highest BCUT2D eigenvalue weighted by molar-refractivity contribution is 5.54. The second kappa shape index (κ2) is 14.3. The van der Waals surface area contributed by atoms with Crippen LogP contribution in [0, 0.1) is 23.1 Å². The van der Waals surface area contributed by atoms with E-state index in [1.807, 2.05) is 54.9 Å². The Bertz CT molecular complexity index is 1930. The van der Waals surface area contributed by atoms with Crippen molar-refractivity contribution in [1.29, 1.82) is 5.26 Å². The summed E-state index contributed by atoms with van der Waals surface area (Å²) < 4.78 is 24.0. The monoisotopic (exact) mass is 650 g/mol. The number of nitriles is 1. The van der Waals surface area contributed by atoms with Gasteiger partial charge in [0, 0.05) is 31.0 Å². The Morgan fingerprint density at radius 2 is 1.59 bits per heavy atom. The first-order valence-corrected chi connectivity index (χ1v) is 17.0. The van der Waals surface area contributed by atoms with Crippen LogP contribution in [0.15, 0.2) is 122 Å². The Hall–Kier alpha value is -5.55. The van der Waals surface area contributed by atoms with Crippen LogP contribution in [0.4, 0.5) is 10.3 Å². The number of aryl methyl sites for hydroxylation is 1. The van der Waals surface area contributed by atoms with Crippen LogP contribution in [0.2, 0.25) is 0 Å². The van der Waals surface area contributed by atoms with Gasteiger partial charge in [-0.3, -0.25) is 4.68 Å². The number of ether oxygens (including phenoxy) is 1. The summed E-state index contributed by atoms with van der Waals surface area (Å²) in [6.07, 6.45) is 17.3. The van der Waals surface area contributed by atoms with Crippen LogP contribution >= 0.6 is 0 Å². The number of halogens is 1. The molecule has 3 heterocycles. The van der Waals surface area contributed by atoms with E-state index in [2.05, 4.69) is 81.5 Å². The normalized spacial score (nSPS) is 16.4. The van der Waals surface area contributed by atoms with E-state index in [-0.39, 0.29) is 24.3 Å². The lowest BCUT2D eigenvalue weighted by atomic mass is 9.60. The number of aromatic nitrogens is 4. The van der Waals surface area contributed by atoms with Crippen LogP contribution in [0.3, 0.4) is 0 Å². The van der Waals surface area contributed by atoms with Crippen molar-refractivity contribution in [2.45, 2.75) is 50.7 Å². The minimum atomic E-state index is -0.626. The quantitative estimate of drug-likeness (QED) is 0.142. The molecule has 0 bridgehead atoms. The van der Waals surface area contributed by atoms with Crippen molar-refractivity contribution >= 4 is 5.95 Å². The summed E-state index contributed by atoms with van der Waals surface area (Å²) in [4.78, 5) is 11.2. The molecule has 0 amide bonds. The fraction of sp³-hybridized carbons (Fsp3) is 0.268. The van der Waals surface area contributed by atoms with Gasteiger partial charge in [-0.2, -0.15) is 10.4 Å². The molecule has 2 aliphatic rings. The molecule has 1 atom stereocenters. The van der Waals surface area contributed by atoms with Gasteiger partial charge >= 0.3 is 0 Å². The maximum atomic E-state index is 16.1. The number of hydrogen-bond donors (Lipinski definition) is 0. The minimum absolute atomic E-state index is 0.0360. The van der Waals surface area contributed by atoms with Crippen molar-refractivity contribution in [2.75, 3.05) is 18.0 Å². The van der Waals surface area contributed by atoms with Crippen molar-refractivity contribution < 1.29 is 9.13 Å². The van der Waals surface area contributed by atoms with Gasteiger partial charge in [0.25, 0.3) is 0 Å². The molecular formula is C41H39FN6O. The summed E-state index contributed by atoms with van der Waals surface area (Å²) in [6, 6.07) is 28.4. The highest BCUT2D eigenvalue weighted by Crippen LogP contribution is 2.48. The number of anilines is 1. The first kappa shape index (κ1) is 32.0. The molecule has 1 aliphatic carbocycles. The van der Waals surface area contributed by atoms with Crippen LogP contribution in [0.1, 0.15) is 65.7 Å². The van der Waals surface area contributed by atoms with Crippen LogP contribution in [-0.4, -0.2) is 32.8 Å². The van der Waals surface area contributed by atoms with Crippen molar-refractivity contribution in [2.24, 2.45) is 5.92 Å². The fourth-order valence-corrected chi connectivity index (χ4v) is 7.37. The molecule has 8 heteroatoms. The average Bonchev–Trinajstić information content (AvgIpc) is 3.59. The molecule has 7 rings (SSSR count). The van der Waals surface area contributed by atoms with Crippen molar-refractivity contribution in [3.8, 4) is 11.8 Å². The molecule has 1 saturated heterocycles. The number of benzene rings is 3. The van der Waals surface area contributed by atoms with Crippen molar-refractivity contribution in [3.63, 3.8) is 0 Å². The lowest BCUT2D eigenvalue weighted by Gasteiger charge is -2.42. The Morgan fingerprint density at radius 3 is 2.18 bits per heavy atom. The molecule has 2 aromatic heterocycles. The van der Waals surface area contributed by atoms with Gasteiger partial charge in [-0.1, -0.05) is 98.0 Å². The van der Waals surface area contributed by atoms with E-state index in [1.165, 1.54) is 0 Å². The molecule has 1 aliphatic heterocycles. The SMILES string of the molecule is CCc1cnc(N2CCC(n3ncc(COc4ccc(C(c5ccccc5)(c5ccccc5)C5C=CC=CC5)cc4F)c3C#N)CC2)nc1. The summed E-state index contributed by atoms with van der Waals surface area (Å²) in [7, 11) is 0. The lowest BCUT2D eigenvalue weighted by molar-refractivity contribution is 0.288. The van der Waals surface area contributed by atoms with Crippen molar-refractivity contribution in [3.05, 3.63) is 161 Å². The zero-order chi connectivity index (χ0) is 33.6. The third-order valence-corrected chi connectivity index (χ3v) is 9.94. The zero-order valence-electron chi connectivity index (χ0n) is 27.6. The van der Waals surface area contributed by atoms with Gasteiger partial charge in [0.15, 0.2) is 11.6 Å². The fourth-order valence-electron chi connectivity index (χ4n) is 7.37. The molecule has 1 unspecified atom stereocenters. The van der Waals surface area contributed by atoms with Gasteiger partial charge in [0.2, 0.25) is 5.95 Å². The minimum Gasteiger partial charge on any atom is -0.486 e. The number of rotatable bonds is 10. The summed E-state index contributed by atoms with van der Waals surface area (Å²) >= 11 is 0. The third kappa shape index (κ3) is 6.25. The largest absolute Gasteiger partial charge is 0.486 e. The van der Waals surface area contributed by atoms with Crippen LogP contribution < -0.4 is 9.64 Å². The maximum absolute atomic E-state index is 16.1. The highest BCUT2D eigenvalue weighted by atomic mass is 19.1. The van der Waals surface area contributed by atoms with Gasteiger partial charge < -0.3 is 9.64 Å². The second-order valence-corrected chi connectivity index (χ2v) is 12.7. The van der Waals surface area contributed by atoms with Gasteiger partial charge in [-0.05, 0) is 66.0 Å². The van der Waals surface area contributed by atoms with Gasteiger partial charge in [-0.25, -0.2) is 14.4 Å². The van der Waals surface area contributed by atoms with Crippen LogP contribution in [0.5, 0.6) is 5.75 Å². The number of allylic oxidation sites excluding steroid dienone is 4. The van der Waals surface area contributed by atoms with Crippen molar-refractivity contribution in [1.82, 2.24) is 19.7 Å². The summed E-state index contributed by atoms with van der Waals surface area (Å²) in [5.41, 5.74) is 4.61. The standard InChI is InChI=1S/C41H39FN6O/c1-2-30-26-44-40(45-27-30)47-22-20-36(21-23-47)48-38(25-43)31(28-46-48)29-49-39-19-18-35(24-37(39)42)41(32-12-6-3-7-13-32,33-14-8-4-9-15-33)34-16-10-5-11-17-34/h3-16,18-19,24,26-28,34,36H,2,17,20-23,29H2,1H3. The molecule has 0 N–H and O–H groups in total. The zero-order valence-corrected chi connectivity index (χ0v) is 27.6. The smallest absolute Gasteiger partial charge is 0.225 e. The van der Waals surface area contributed by atoms with E-state index in [0.29, 0.717) is 11.3 Å². The number of piperidine rings is 1. The summed E-state index contributed by atoms with van der Waals surface area (Å²) in [6.45, 7) is 3.66. The number of nitrogens with zero attached hydrogens (tertiary/aromatic N) is 6. The molecule has 0 radical (unpaired) electrons. The first-order valence-electron chi connectivity index (χ1n) is 17.0. The average molecular weight is 651 g/mol. The lowest BCUT2D eigenvalue weighted by Crippen LogP contribution is -2.37. The van der Waals surface area contributed by atoms with Crippen LogP contribution in [0.25, 0.3) is 0 Å². The molecule has 7 nitrogen and oxygen atoms in total. The molecule has 3 aromatic carbocycles. The van der Waals surface area contributed by atoms with E-state index in [1.54, 1.807) is 23.0 Å². The molecule has 0 saturated carbocycles. The predicted octanol–water partition coefficient (Wildman–Crippen LogP) is 8.13. The molecule has 246 valence electrons. The Kier molecular flexibility index (Phi) is 9.34. The topological polar surface area (TPSA) is 79.9 Å². The molecule has 1 fully saturated rings. The maximum Gasteiger partial charge on any atom is 0.225 e. The van der Waals surface area contributed by atoms with E-state index in [0.717, 1.165) is 67.0 Å². The third-order valence-electron chi connectivity index (χ3n) is 9.94. The Labute approximate surface area is 287 Å². The van der Waals surface area contributed by atoms with Gasteiger partial charge in [0.1, 0.15) is 18.4 Å². The number of hydrogen-bond acceptors (Lipinski definition) is 6.